The first-order chi connectivity index (χ1) is 9.02. The van der Waals surface area contributed by atoms with Gasteiger partial charge in [-0.25, -0.2) is 0 Å². The van der Waals surface area contributed by atoms with Crippen molar-refractivity contribution in [1.82, 2.24) is 10.2 Å². The summed E-state index contributed by atoms with van der Waals surface area (Å²) in [6, 6.07) is 1.65. The first kappa shape index (κ1) is 13.7. The average molecular weight is 265 g/mol. The Kier molecular flexibility index (Phi) is 3.96. The fraction of sp³-hybridized carbons (Fsp3) is 0.583. The van der Waals surface area contributed by atoms with E-state index in [-0.39, 0.29) is 5.84 Å². The van der Waals surface area contributed by atoms with Crippen LogP contribution in [0, 0.1) is 5.41 Å². The normalized spacial score (nSPS) is 18.0. The largest absolute Gasteiger partial charge is 0.388 e. The molecule has 7 nitrogen and oxygen atoms in total. The van der Waals surface area contributed by atoms with E-state index in [2.05, 4.69) is 10.2 Å². The van der Waals surface area contributed by atoms with E-state index >= 15 is 0 Å². The molecular weight excluding hydrogens is 246 g/mol. The molecule has 0 aromatic carbocycles. The number of amidine groups is 1. The Balaban J connectivity index is 2.15. The number of aliphatic hydroxyl groups is 1. The second kappa shape index (κ2) is 5.50. The molecule has 0 unspecified atom stereocenters. The number of aromatic nitrogens is 2. The van der Waals surface area contributed by atoms with Gasteiger partial charge in [-0.1, -0.05) is 0 Å². The highest BCUT2D eigenvalue weighted by molar-refractivity contribution is 5.99. The summed E-state index contributed by atoms with van der Waals surface area (Å²) < 4.78 is 5.25. The topological polar surface area (TPSA) is 108 Å². The summed E-state index contributed by atoms with van der Waals surface area (Å²) in [6.07, 6.45) is 2.68. The molecule has 7 heteroatoms. The van der Waals surface area contributed by atoms with Gasteiger partial charge in [0, 0.05) is 39.6 Å². The van der Waals surface area contributed by atoms with E-state index in [9.17, 15) is 5.11 Å². The van der Waals surface area contributed by atoms with Gasteiger partial charge in [0.1, 0.15) is 5.84 Å². The lowest BCUT2D eigenvalue weighted by Crippen LogP contribution is -2.46. The maximum absolute atomic E-state index is 10.5. The van der Waals surface area contributed by atoms with Crippen LogP contribution in [0.3, 0.4) is 0 Å². The Morgan fingerprint density at radius 3 is 2.89 bits per heavy atom. The number of nitrogens with two attached hydrogens (primary N) is 1. The number of hydrogen-bond donors (Lipinski definition) is 3. The van der Waals surface area contributed by atoms with Crippen molar-refractivity contribution in [2.24, 2.45) is 5.73 Å². The van der Waals surface area contributed by atoms with Gasteiger partial charge in [-0.3, -0.25) is 5.41 Å². The van der Waals surface area contributed by atoms with Crippen LogP contribution in [0.2, 0.25) is 0 Å². The lowest BCUT2D eigenvalue weighted by molar-refractivity contribution is -0.0573. The summed E-state index contributed by atoms with van der Waals surface area (Å²) >= 11 is 0. The number of nitrogens with one attached hydrogen (secondary N) is 1. The monoisotopic (exact) mass is 265 g/mol. The van der Waals surface area contributed by atoms with E-state index in [1.807, 2.05) is 7.05 Å². The molecule has 0 spiro atoms. The molecule has 1 saturated heterocycles. The SMILES string of the molecule is CN(CC1(O)CCOCC1)c1nnccc1C(=N)N. The summed E-state index contributed by atoms with van der Waals surface area (Å²) in [4.78, 5) is 1.79. The molecule has 1 aromatic rings. The maximum atomic E-state index is 10.5. The summed E-state index contributed by atoms with van der Waals surface area (Å²) in [5.41, 5.74) is 5.25. The Labute approximate surface area is 111 Å². The van der Waals surface area contributed by atoms with Crippen LogP contribution in [0.25, 0.3) is 0 Å². The van der Waals surface area contributed by atoms with Crippen molar-refractivity contribution in [1.29, 1.82) is 5.41 Å². The number of likely N-dealkylation sites (N-methyl/N-ethyl adjacent to an activating group) is 1. The summed E-state index contributed by atoms with van der Waals surface area (Å²) in [7, 11) is 1.81. The molecule has 104 valence electrons. The zero-order valence-corrected chi connectivity index (χ0v) is 11.0. The van der Waals surface area contributed by atoms with Crippen molar-refractivity contribution in [2.75, 3.05) is 31.7 Å². The molecule has 2 rings (SSSR count). The minimum atomic E-state index is -0.793. The molecule has 0 bridgehead atoms. The van der Waals surface area contributed by atoms with Crippen LogP contribution in [-0.2, 0) is 4.74 Å². The zero-order valence-electron chi connectivity index (χ0n) is 11.0. The Morgan fingerprint density at radius 1 is 1.58 bits per heavy atom. The van der Waals surface area contributed by atoms with Crippen LogP contribution < -0.4 is 10.6 Å². The summed E-state index contributed by atoms with van der Waals surface area (Å²) in [5.74, 6) is 0.450. The molecule has 2 heterocycles. The van der Waals surface area contributed by atoms with E-state index in [1.54, 1.807) is 11.0 Å². The number of nitrogen functional groups attached to an aromatic ring is 1. The number of ether oxygens (including phenoxy) is 1. The highest BCUT2D eigenvalue weighted by Gasteiger charge is 2.32. The van der Waals surface area contributed by atoms with Crippen molar-refractivity contribution in [2.45, 2.75) is 18.4 Å². The van der Waals surface area contributed by atoms with Crippen molar-refractivity contribution >= 4 is 11.7 Å². The lowest BCUT2D eigenvalue weighted by atomic mass is 9.94. The third-order valence-electron chi connectivity index (χ3n) is 3.31. The number of hydrogen-bond acceptors (Lipinski definition) is 6. The quantitative estimate of drug-likeness (QED) is 0.511. The summed E-state index contributed by atoms with van der Waals surface area (Å²) in [6.45, 7) is 1.53. The van der Waals surface area contributed by atoms with Crippen LogP contribution in [0.4, 0.5) is 5.82 Å². The molecule has 0 amide bonds. The maximum Gasteiger partial charge on any atom is 0.162 e. The van der Waals surface area contributed by atoms with Gasteiger partial charge in [0.05, 0.1) is 17.4 Å². The Bertz CT molecular complexity index is 459. The fourth-order valence-electron chi connectivity index (χ4n) is 2.24. The van der Waals surface area contributed by atoms with E-state index < -0.39 is 5.60 Å². The zero-order chi connectivity index (χ0) is 13.9. The highest BCUT2D eigenvalue weighted by Crippen LogP contribution is 2.24. The molecule has 0 saturated carbocycles. The molecule has 1 aliphatic heterocycles. The average Bonchev–Trinajstić information content (AvgIpc) is 2.39. The van der Waals surface area contributed by atoms with Crippen molar-refractivity contribution < 1.29 is 9.84 Å². The van der Waals surface area contributed by atoms with E-state index in [0.717, 1.165) is 0 Å². The molecule has 1 aliphatic rings. The standard InChI is InChI=1S/C12H19N5O2/c1-17(8-12(18)3-6-19-7-4-12)11-9(10(13)14)2-5-15-16-11/h2,5,18H,3-4,6-8H2,1H3,(H3,13,14). The van der Waals surface area contributed by atoms with Crippen molar-refractivity contribution in [3.8, 4) is 0 Å². The van der Waals surface area contributed by atoms with Crippen molar-refractivity contribution in [3.05, 3.63) is 17.8 Å². The van der Waals surface area contributed by atoms with Crippen LogP contribution in [0.1, 0.15) is 18.4 Å². The first-order valence-corrected chi connectivity index (χ1v) is 6.19. The van der Waals surface area contributed by atoms with Crippen LogP contribution >= 0.6 is 0 Å². The minimum absolute atomic E-state index is 0.0595. The highest BCUT2D eigenvalue weighted by atomic mass is 16.5. The summed E-state index contributed by atoms with van der Waals surface area (Å²) in [5, 5.41) is 25.8. The Hall–Kier alpha value is -1.73. The number of rotatable bonds is 4. The third kappa shape index (κ3) is 3.18. The predicted molar refractivity (Wildman–Crippen MR) is 71.3 cm³/mol. The molecule has 1 fully saturated rings. The second-order valence-electron chi connectivity index (χ2n) is 4.87. The predicted octanol–water partition coefficient (Wildman–Crippen LogP) is -0.262. The minimum Gasteiger partial charge on any atom is -0.388 e. The van der Waals surface area contributed by atoms with E-state index in [0.29, 0.717) is 44.0 Å². The number of nitrogens with zero attached hydrogens (tertiary/aromatic N) is 3. The molecule has 0 atom stereocenters. The van der Waals surface area contributed by atoms with E-state index in [1.165, 1.54) is 6.20 Å². The fourth-order valence-corrected chi connectivity index (χ4v) is 2.24. The van der Waals surface area contributed by atoms with E-state index in [4.69, 9.17) is 15.9 Å². The first-order valence-electron chi connectivity index (χ1n) is 6.19. The van der Waals surface area contributed by atoms with Gasteiger partial charge in [-0.05, 0) is 6.07 Å². The van der Waals surface area contributed by atoms with Gasteiger partial charge in [-0.2, -0.15) is 5.10 Å². The molecule has 0 aliphatic carbocycles. The van der Waals surface area contributed by atoms with Gasteiger partial charge in [0.25, 0.3) is 0 Å². The Morgan fingerprint density at radius 2 is 2.26 bits per heavy atom. The molecule has 1 aromatic heterocycles. The van der Waals surface area contributed by atoms with Gasteiger partial charge >= 0.3 is 0 Å². The molecule has 0 radical (unpaired) electrons. The van der Waals surface area contributed by atoms with Gasteiger partial charge in [-0.15, -0.1) is 5.10 Å². The molecular formula is C12H19N5O2. The van der Waals surface area contributed by atoms with Crippen LogP contribution in [0.5, 0.6) is 0 Å². The molecule has 19 heavy (non-hydrogen) atoms. The van der Waals surface area contributed by atoms with Gasteiger partial charge < -0.3 is 20.5 Å². The van der Waals surface area contributed by atoms with Crippen LogP contribution in [0.15, 0.2) is 12.3 Å². The lowest BCUT2D eigenvalue weighted by Gasteiger charge is -2.36. The number of anilines is 1. The van der Waals surface area contributed by atoms with Crippen molar-refractivity contribution in [3.63, 3.8) is 0 Å². The van der Waals surface area contributed by atoms with Gasteiger partial charge in [0.2, 0.25) is 0 Å². The van der Waals surface area contributed by atoms with Crippen LogP contribution in [-0.4, -0.2) is 53.5 Å². The van der Waals surface area contributed by atoms with Gasteiger partial charge in [0.15, 0.2) is 5.82 Å². The second-order valence-corrected chi connectivity index (χ2v) is 4.87. The smallest absolute Gasteiger partial charge is 0.162 e. The molecule has 4 N–H and O–H groups in total. The third-order valence-corrected chi connectivity index (χ3v) is 3.31.